The first-order valence-corrected chi connectivity index (χ1v) is 18.0. The summed E-state index contributed by atoms with van der Waals surface area (Å²) in [7, 11) is 1.33. The number of hydrogen-bond donors (Lipinski definition) is 0. The van der Waals surface area contributed by atoms with Gasteiger partial charge >= 0.3 is 12.1 Å². The van der Waals surface area contributed by atoms with Crippen LogP contribution >= 0.6 is 11.6 Å². The van der Waals surface area contributed by atoms with Gasteiger partial charge in [0.1, 0.15) is 29.7 Å². The van der Waals surface area contributed by atoms with Gasteiger partial charge in [-0.25, -0.2) is 18.0 Å². The Hall–Kier alpha value is -4.03. The lowest BCUT2D eigenvalue weighted by Crippen LogP contribution is -2.57. The van der Waals surface area contributed by atoms with Gasteiger partial charge in [-0.1, -0.05) is 41.9 Å². The Labute approximate surface area is 299 Å². The fourth-order valence-electron chi connectivity index (χ4n) is 8.80. The molecule has 0 spiro atoms. The predicted octanol–water partition coefficient (Wildman–Crippen LogP) is 7.93. The second-order valence-corrected chi connectivity index (χ2v) is 15.7. The molecule has 9 nitrogen and oxygen atoms in total. The fourth-order valence-corrected chi connectivity index (χ4v) is 9.08. The van der Waals surface area contributed by atoms with Crippen LogP contribution in [0.4, 0.5) is 23.8 Å². The number of nitrogens with zero attached hydrogens (tertiary/aromatic N) is 5. The molecule has 0 radical (unpaired) electrons. The maximum Gasteiger partial charge on any atom is 0.410 e. The highest BCUT2D eigenvalue weighted by Crippen LogP contribution is 2.47. The molecule has 5 heterocycles. The highest BCUT2D eigenvalue weighted by molar-refractivity contribution is 6.36. The van der Waals surface area contributed by atoms with E-state index in [1.807, 2.05) is 37.8 Å². The molecule has 4 saturated heterocycles. The number of piperazine rings is 1. The molecule has 8 rings (SSSR count). The molecule has 4 aliphatic rings. The minimum absolute atomic E-state index is 0.0606. The molecule has 0 saturated carbocycles. The predicted molar refractivity (Wildman–Crippen MR) is 190 cm³/mol. The van der Waals surface area contributed by atoms with Crippen molar-refractivity contribution in [2.24, 2.45) is 0 Å². The van der Waals surface area contributed by atoms with E-state index in [4.69, 9.17) is 30.8 Å². The summed E-state index contributed by atoms with van der Waals surface area (Å²) in [5.74, 6) is -1.80. The maximum absolute atomic E-state index is 17.2. The van der Waals surface area contributed by atoms with E-state index in [1.54, 1.807) is 29.2 Å². The van der Waals surface area contributed by atoms with Crippen LogP contribution < -0.4 is 14.4 Å². The molecule has 51 heavy (non-hydrogen) atoms. The molecule has 0 aliphatic carbocycles. The number of halogens is 4. The highest BCUT2D eigenvalue weighted by Gasteiger charge is 2.50. The smallest absolute Gasteiger partial charge is 0.410 e. The molecule has 3 aromatic carbocycles. The number of benzene rings is 3. The van der Waals surface area contributed by atoms with Gasteiger partial charge in [-0.3, -0.25) is 9.80 Å². The average molecular weight is 724 g/mol. The molecule has 0 N–H and O–H groups in total. The van der Waals surface area contributed by atoms with E-state index in [-0.39, 0.29) is 64.4 Å². The number of carbonyl (C=O) groups is 1. The normalized spacial score (nSPS) is 24.8. The van der Waals surface area contributed by atoms with Crippen molar-refractivity contribution >= 4 is 45.2 Å². The van der Waals surface area contributed by atoms with Gasteiger partial charge in [0.05, 0.1) is 35.7 Å². The molecule has 4 aromatic rings. The summed E-state index contributed by atoms with van der Waals surface area (Å²) in [5.41, 5.74) is -1.42. The van der Waals surface area contributed by atoms with Gasteiger partial charge in [0.2, 0.25) is 0 Å². The summed E-state index contributed by atoms with van der Waals surface area (Å²) in [4.78, 5) is 28.5. The van der Waals surface area contributed by atoms with E-state index >= 15 is 8.78 Å². The van der Waals surface area contributed by atoms with Crippen LogP contribution in [-0.2, 0) is 4.74 Å². The quantitative estimate of drug-likeness (QED) is 0.199. The molecule has 4 fully saturated rings. The Balaban J connectivity index is 1.27. The first-order valence-electron chi connectivity index (χ1n) is 17.6. The van der Waals surface area contributed by atoms with Crippen LogP contribution in [0.25, 0.3) is 32.8 Å². The number of ether oxygens (including phenoxy) is 3. The van der Waals surface area contributed by atoms with E-state index in [9.17, 15) is 9.18 Å². The van der Waals surface area contributed by atoms with Gasteiger partial charge in [-0.2, -0.15) is 9.97 Å². The lowest BCUT2D eigenvalue weighted by molar-refractivity contribution is 0.0122. The minimum Gasteiger partial charge on any atom is -0.493 e. The van der Waals surface area contributed by atoms with Crippen LogP contribution in [0.1, 0.15) is 52.9 Å². The molecule has 2 bridgehead atoms. The zero-order valence-electron chi connectivity index (χ0n) is 29.1. The first-order chi connectivity index (χ1) is 24.4. The number of anilines is 1. The Morgan fingerprint density at radius 3 is 2.45 bits per heavy atom. The SMILES string of the molecule is COc1c(F)c(-c2cccc3cccc(Cl)c23)c(F)c2nc(OC[C@@]34CCCN3C[C@H](F)C4)nc(N3CC4CCC(C3)N4C(=O)OC(C)(C)C)c12. The van der Waals surface area contributed by atoms with Crippen LogP contribution in [0, 0.1) is 11.6 Å². The zero-order chi connectivity index (χ0) is 35.8. The van der Waals surface area contributed by atoms with E-state index in [2.05, 4.69) is 9.88 Å². The minimum atomic E-state index is -0.960. The third-order valence-electron chi connectivity index (χ3n) is 10.9. The van der Waals surface area contributed by atoms with Gasteiger partial charge in [-0.05, 0) is 70.0 Å². The van der Waals surface area contributed by atoms with E-state index in [0.717, 1.165) is 32.2 Å². The Morgan fingerprint density at radius 2 is 1.75 bits per heavy atom. The number of rotatable bonds is 6. The highest BCUT2D eigenvalue weighted by atomic mass is 35.5. The number of hydrogen-bond acceptors (Lipinski definition) is 8. The Kier molecular flexibility index (Phi) is 8.40. The van der Waals surface area contributed by atoms with Crippen LogP contribution in [0.3, 0.4) is 0 Å². The van der Waals surface area contributed by atoms with E-state index < -0.39 is 28.9 Å². The summed E-state index contributed by atoms with van der Waals surface area (Å²) < 4.78 is 66.4. The maximum atomic E-state index is 17.2. The Morgan fingerprint density at radius 1 is 1.02 bits per heavy atom. The van der Waals surface area contributed by atoms with Crippen molar-refractivity contribution in [3.05, 3.63) is 53.1 Å². The van der Waals surface area contributed by atoms with Crippen molar-refractivity contribution in [3.63, 3.8) is 0 Å². The van der Waals surface area contributed by atoms with Crippen molar-refractivity contribution in [2.75, 3.05) is 44.8 Å². The van der Waals surface area contributed by atoms with Crippen LogP contribution in [0.5, 0.6) is 11.8 Å². The molecular formula is C38H41ClF3N5O4. The second-order valence-electron chi connectivity index (χ2n) is 15.3. The second kappa shape index (κ2) is 12.6. The first kappa shape index (κ1) is 34.1. The number of methoxy groups -OCH3 is 1. The van der Waals surface area contributed by atoms with Gasteiger partial charge in [0, 0.05) is 36.5 Å². The summed E-state index contributed by atoms with van der Waals surface area (Å²) in [5, 5.41) is 1.61. The molecule has 13 heteroatoms. The van der Waals surface area contributed by atoms with Crippen molar-refractivity contribution in [2.45, 2.75) is 82.3 Å². The van der Waals surface area contributed by atoms with Crippen LogP contribution in [-0.4, -0.2) is 95.2 Å². The zero-order valence-corrected chi connectivity index (χ0v) is 29.9. The van der Waals surface area contributed by atoms with Gasteiger partial charge in [-0.15, -0.1) is 0 Å². The van der Waals surface area contributed by atoms with Crippen molar-refractivity contribution in [1.29, 1.82) is 0 Å². The van der Waals surface area contributed by atoms with Crippen LogP contribution in [0.2, 0.25) is 5.02 Å². The number of alkyl halides is 1. The number of carbonyl (C=O) groups excluding carboxylic acids is 1. The molecule has 1 amide bonds. The monoisotopic (exact) mass is 723 g/mol. The van der Waals surface area contributed by atoms with E-state index in [1.165, 1.54) is 7.11 Å². The largest absolute Gasteiger partial charge is 0.493 e. The third kappa shape index (κ3) is 5.78. The standard InChI is InChI=1S/C38H41ClF3N5O4/c1-37(2,3)51-36(48)47-23-12-13-24(47)19-45(18-23)34-29-32(43-35(44-34)50-20-38-14-7-15-46(38)17-22(40)16-38)30(41)28(31(42)33(29)49-4)25-10-5-8-21-9-6-11-26(39)27(21)25/h5-6,8-11,22-24H,7,12-20H2,1-4H3/t22-,23?,24?,38+/m1/s1. The average Bonchev–Trinajstić information content (AvgIpc) is 3.70. The van der Waals surface area contributed by atoms with Gasteiger partial charge < -0.3 is 19.1 Å². The summed E-state index contributed by atoms with van der Waals surface area (Å²) in [6, 6.07) is 9.92. The molecule has 2 unspecified atom stereocenters. The number of fused-ring (bicyclic) bond motifs is 5. The fraction of sp³-hybridized carbons (Fsp3) is 0.500. The van der Waals surface area contributed by atoms with E-state index in [0.29, 0.717) is 41.9 Å². The summed E-state index contributed by atoms with van der Waals surface area (Å²) >= 11 is 6.62. The van der Waals surface area contributed by atoms with Gasteiger partial charge in [0.15, 0.2) is 17.4 Å². The summed E-state index contributed by atoms with van der Waals surface area (Å²) in [6.07, 6.45) is 2.16. The van der Waals surface area contributed by atoms with Gasteiger partial charge in [0.25, 0.3) is 0 Å². The molecule has 4 aliphatic heterocycles. The van der Waals surface area contributed by atoms with Crippen LogP contribution in [0.15, 0.2) is 36.4 Å². The molecule has 4 atom stereocenters. The molecule has 270 valence electrons. The molecular weight excluding hydrogens is 683 g/mol. The van der Waals surface area contributed by atoms with Crippen molar-refractivity contribution in [3.8, 4) is 22.9 Å². The topological polar surface area (TPSA) is 80.3 Å². The molecule has 1 aromatic heterocycles. The lowest BCUT2D eigenvalue weighted by Gasteiger charge is -2.42. The number of aromatic nitrogens is 2. The van der Waals surface area contributed by atoms with Crippen molar-refractivity contribution in [1.82, 2.24) is 19.8 Å². The lowest BCUT2D eigenvalue weighted by atomic mass is 9.95. The Bertz CT molecular complexity index is 2030. The third-order valence-corrected chi connectivity index (χ3v) is 11.2. The summed E-state index contributed by atoms with van der Waals surface area (Å²) in [6.45, 7) is 7.43. The number of amides is 1. The van der Waals surface area contributed by atoms with Crippen molar-refractivity contribution < 1.29 is 32.2 Å².